The Labute approximate surface area is 161 Å². The van der Waals surface area contributed by atoms with Crippen molar-refractivity contribution in [1.29, 1.82) is 0 Å². The summed E-state index contributed by atoms with van der Waals surface area (Å²) in [5, 5.41) is 10.8. The molecule has 142 valence electrons. The zero-order valence-corrected chi connectivity index (χ0v) is 15.3. The number of ether oxygens (including phenoxy) is 1. The number of amides is 2. The molecule has 1 aromatic heterocycles. The molecular weight excluding hydrogens is 359 g/mol. The number of carbonyl (C=O) groups excluding carboxylic acids is 1. The number of aromatic nitrogens is 2. The fourth-order valence-electron chi connectivity index (χ4n) is 3.83. The zero-order chi connectivity index (χ0) is 19.3. The van der Waals surface area contributed by atoms with Gasteiger partial charge in [0.05, 0.1) is 23.1 Å². The van der Waals surface area contributed by atoms with Gasteiger partial charge in [-0.1, -0.05) is 6.07 Å². The topological polar surface area (TPSA) is 68.2 Å². The molecular formula is C21H19FN4O2. The minimum atomic E-state index is -0.406. The van der Waals surface area contributed by atoms with E-state index in [1.807, 2.05) is 31.3 Å². The zero-order valence-electron chi connectivity index (χ0n) is 15.3. The van der Waals surface area contributed by atoms with Crippen molar-refractivity contribution in [2.24, 2.45) is 7.05 Å². The van der Waals surface area contributed by atoms with Crippen molar-refractivity contribution in [3.8, 4) is 5.75 Å². The minimum absolute atomic E-state index is 0.375. The number of anilines is 1. The molecule has 3 aromatic rings. The maximum absolute atomic E-state index is 13.8. The van der Waals surface area contributed by atoms with Gasteiger partial charge in [0.15, 0.2) is 0 Å². The van der Waals surface area contributed by atoms with E-state index in [0.29, 0.717) is 22.7 Å². The van der Waals surface area contributed by atoms with Gasteiger partial charge in [-0.05, 0) is 55.7 Å². The van der Waals surface area contributed by atoms with E-state index in [9.17, 15) is 9.18 Å². The summed E-state index contributed by atoms with van der Waals surface area (Å²) < 4.78 is 21.6. The van der Waals surface area contributed by atoms with Crippen molar-refractivity contribution in [3.63, 3.8) is 0 Å². The number of nitrogens with one attached hydrogen (secondary N) is 2. The Bertz CT molecular complexity index is 1130. The second-order valence-corrected chi connectivity index (χ2v) is 7.30. The summed E-state index contributed by atoms with van der Waals surface area (Å²) in [5.41, 5.74) is 2.29. The highest BCUT2D eigenvalue weighted by Crippen LogP contribution is 2.45. The highest BCUT2D eigenvalue weighted by molar-refractivity contribution is 6.03. The third-order valence-corrected chi connectivity index (χ3v) is 5.44. The maximum atomic E-state index is 13.8. The van der Waals surface area contributed by atoms with Crippen LogP contribution in [-0.2, 0) is 7.05 Å². The van der Waals surface area contributed by atoms with Gasteiger partial charge in [-0.2, -0.15) is 5.10 Å². The van der Waals surface area contributed by atoms with Gasteiger partial charge in [-0.15, -0.1) is 0 Å². The minimum Gasteiger partial charge on any atom is -0.482 e. The van der Waals surface area contributed by atoms with E-state index in [1.54, 1.807) is 16.9 Å². The van der Waals surface area contributed by atoms with Crippen molar-refractivity contribution in [2.45, 2.75) is 24.9 Å². The van der Waals surface area contributed by atoms with E-state index >= 15 is 0 Å². The average molecular weight is 378 g/mol. The molecule has 5 rings (SSSR count). The van der Waals surface area contributed by atoms with E-state index in [-0.39, 0.29) is 5.82 Å². The lowest BCUT2D eigenvalue weighted by atomic mass is 9.77. The van der Waals surface area contributed by atoms with Crippen LogP contribution in [0.25, 0.3) is 16.6 Å². The van der Waals surface area contributed by atoms with Gasteiger partial charge in [0.1, 0.15) is 17.2 Å². The summed E-state index contributed by atoms with van der Waals surface area (Å²) in [6.07, 6.45) is 6.45. The van der Waals surface area contributed by atoms with Gasteiger partial charge < -0.3 is 15.4 Å². The second kappa shape index (κ2) is 6.09. The SMILES string of the molecule is Cn1ncc2c(NC(=O)NC3=CC4(CCC4)Oc4ccc(F)cc43)cccc21. The van der Waals surface area contributed by atoms with E-state index in [4.69, 9.17) is 4.74 Å². The number of hydrogen-bond donors (Lipinski definition) is 2. The van der Waals surface area contributed by atoms with E-state index in [0.717, 1.165) is 30.2 Å². The van der Waals surface area contributed by atoms with Crippen LogP contribution < -0.4 is 15.4 Å². The fraction of sp³-hybridized carbons (Fsp3) is 0.238. The van der Waals surface area contributed by atoms with Gasteiger partial charge in [-0.25, -0.2) is 9.18 Å². The lowest BCUT2D eigenvalue weighted by molar-refractivity contribution is 0.0371. The smallest absolute Gasteiger partial charge is 0.323 e. The van der Waals surface area contributed by atoms with Crippen LogP contribution in [-0.4, -0.2) is 21.4 Å². The molecule has 2 N–H and O–H groups in total. The van der Waals surface area contributed by atoms with Crippen molar-refractivity contribution < 1.29 is 13.9 Å². The van der Waals surface area contributed by atoms with Gasteiger partial charge >= 0.3 is 6.03 Å². The molecule has 0 atom stereocenters. The first-order valence-electron chi connectivity index (χ1n) is 9.24. The summed E-state index contributed by atoms with van der Waals surface area (Å²) in [4.78, 5) is 12.7. The summed E-state index contributed by atoms with van der Waals surface area (Å²) in [5.74, 6) is 0.216. The van der Waals surface area contributed by atoms with Gasteiger partial charge in [-0.3, -0.25) is 4.68 Å². The van der Waals surface area contributed by atoms with Crippen LogP contribution in [0, 0.1) is 5.82 Å². The van der Waals surface area contributed by atoms with Gasteiger partial charge in [0.25, 0.3) is 0 Å². The Morgan fingerprint density at radius 1 is 1.25 bits per heavy atom. The number of halogens is 1. The Hall–Kier alpha value is -3.35. The summed E-state index contributed by atoms with van der Waals surface area (Å²) in [6, 6.07) is 9.60. The summed E-state index contributed by atoms with van der Waals surface area (Å²) in [7, 11) is 1.85. The Morgan fingerprint density at radius 2 is 2.11 bits per heavy atom. The number of aryl methyl sites for hydroxylation is 1. The number of benzene rings is 2. The van der Waals surface area contributed by atoms with Gasteiger partial charge in [0, 0.05) is 18.0 Å². The van der Waals surface area contributed by atoms with Crippen molar-refractivity contribution in [3.05, 3.63) is 60.1 Å². The van der Waals surface area contributed by atoms with Gasteiger partial charge in [0.2, 0.25) is 0 Å². The Balaban J connectivity index is 1.44. The van der Waals surface area contributed by atoms with Crippen LogP contribution in [0.1, 0.15) is 24.8 Å². The average Bonchev–Trinajstić information content (AvgIpc) is 3.03. The van der Waals surface area contributed by atoms with Crippen molar-refractivity contribution in [1.82, 2.24) is 15.1 Å². The predicted molar refractivity (Wildman–Crippen MR) is 104 cm³/mol. The monoisotopic (exact) mass is 378 g/mol. The molecule has 28 heavy (non-hydrogen) atoms. The van der Waals surface area contributed by atoms with Crippen LogP contribution in [0.5, 0.6) is 5.75 Å². The molecule has 1 spiro atoms. The molecule has 0 bridgehead atoms. The van der Waals surface area contributed by atoms with E-state index in [2.05, 4.69) is 15.7 Å². The molecule has 0 unspecified atom stereocenters. The third-order valence-electron chi connectivity index (χ3n) is 5.44. The van der Waals surface area contributed by atoms with Crippen LogP contribution in [0.2, 0.25) is 0 Å². The summed E-state index contributed by atoms with van der Waals surface area (Å²) in [6.45, 7) is 0. The van der Waals surface area contributed by atoms with Crippen LogP contribution >= 0.6 is 0 Å². The third kappa shape index (κ3) is 2.70. The molecule has 2 amide bonds. The molecule has 1 fully saturated rings. The Kier molecular flexibility index (Phi) is 3.65. The highest BCUT2D eigenvalue weighted by atomic mass is 19.1. The lowest BCUT2D eigenvalue weighted by Crippen LogP contribution is -2.44. The molecule has 7 heteroatoms. The quantitative estimate of drug-likeness (QED) is 0.703. The number of hydrogen-bond acceptors (Lipinski definition) is 3. The van der Waals surface area contributed by atoms with Crippen LogP contribution in [0.3, 0.4) is 0 Å². The first-order chi connectivity index (χ1) is 13.5. The standard InChI is InChI=1S/C21H19FN4O2/c1-26-18-5-2-4-16(15(18)12-23-26)24-20(27)25-17-11-21(8-3-9-21)28-19-7-6-13(22)10-14(17)19/h2,4-7,10-12H,3,8-9H2,1H3,(H2,24,25,27). The number of nitrogens with zero attached hydrogens (tertiary/aromatic N) is 2. The number of rotatable bonds is 2. The number of urea groups is 1. The highest BCUT2D eigenvalue weighted by Gasteiger charge is 2.41. The number of carbonyl (C=O) groups is 1. The summed E-state index contributed by atoms with van der Waals surface area (Å²) >= 11 is 0. The number of fused-ring (bicyclic) bond motifs is 2. The molecule has 1 aliphatic heterocycles. The largest absolute Gasteiger partial charge is 0.482 e. The molecule has 2 aromatic carbocycles. The van der Waals surface area contributed by atoms with E-state index in [1.165, 1.54) is 12.1 Å². The molecule has 0 radical (unpaired) electrons. The lowest BCUT2D eigenvalue weighted by Gasteiger charge is -2.43. The van der Waals surface area contributed by atoms with Crippen LogP contribution in [0.15, 0.2) is 48.7 Å². The molecule has 1 saturated carbocycles. The van der Waals surface area contributed by atoms with Crippen LogP contribution in [0.4, 0.5) is 14.9 Å². The predicted octanol–water partition coefficient (Wildman–Crippen LogP) is 4.19. The maximum Gasteiger partial charge on any atom is 0.323 e. The molecule has 1 aliphatic carbocycles. The molecule has 0 saturated heterocycles. The van der Waals surface area contributed by atoms with Crippen molar-refractivity contribution in [2.75, 3.05) is 5.32 Å². The Morgan fingerprint density at radius 3 is 2.89 bits per heavy atom. The first-order valence-corrected chi connectivity index (χ1v) is 9.24. The normalized spacial score (nSPS) is 16.7. The fourth-order valence-corrected chi connectivity index (χ4v) is 3.83. The van der Waals surface area contributed by atoms with Crippen molar-refractivity contribution >= 4 is 28.3 Å². The molecule has 2 heterocycles. The first kappa shape index (κ1) is 16.8. The second-order valence-electron chi connectivity index (χ2n) is 7.30. The molecule has 6 nitrogen and oxygen atoms in total. The molecule has 2 aliphatic rings. The van der Waals surface area contributed by atoms with E-state index < -0.39 is 11.6 Å².